The summed E-state index contributed by atoms with van der Waals surface area (Å²) in [6, 6.07) is 13.6. The van der Waals surface area contributed by atoms with Gasteiger partial charge in [0.15, 0.2) is 0 Å². The maximum Gasteiger partial charge on any atom is 0.116 e. The number of phenolic OH excluding ortho intramolecular Hbond substituents is 1. The molecule has 0 radical (unpaired) electrons. The summed E-state index contributed by atoms with van der Waals surface area (Å²) >= 11 is 0. The van der Waals surface area contributed by atoms with Crippen molar-refractivity contribution in [3.63, 3.8) is 0 Å². The van der Waals surface area contributed by atoms with E-state index in [1.165, 1.54) is 5.56 Å². The average Bonchev–Trinajstić information content (AvgIpc) is 2.58. The number of aliphatic hydroxyl groups excluding tert-OH is 1. The molecule has 0 saturated heterocycles. The van der Waals surface area contributed by atoms with Gasteiger partial charge in [-0.05, 0) is 73.6 Å². The number of phenols is 1. The first kappa shape index (κ1) is 20.2. The van der Waals surface area contributed by atoms with Crippen molar-refractivity contribution in [2.75, 3.05) is 0 Å². The maximum absolute atomic E-state index is 9.74. The van der Waals surface area contributed by atoms with Gasteiger partial charge in [-0.25, -0.2) is 0 Å². The van der Waals surface area contributed by atoms with E-state index in [0.717, 1.165) is 43.2 Å². The zero-order valence-corrected chi connectivity index (χ0v) is 15.8. The third-order valence-electron chi connectivity index (χ3n) is 4.36. The Bertz CT molecular complexity index is 726. The van der Waals surface area contributed by atoms with Crippen LogP contribution in [-0.4, -0.2) is 20.9 Å². The van der Waals surface area contributed by atoms with E-state index in [9.17, 15) is 15.3 Å². The molecule has 0 atom stereocenters. The molecule has 0 fully saturated rings. The third-order valence-corrected chi connectivity index (χ3v) is 4.36. The van der Waals surface area contributed by atoms with Gasteiger partial charge in [-0.15, -0.1) is 0 Å². The quantitative estimate of drug-likeness (QED) is 0.442. The van der Waals surface area contributed by atoms with E-state index >= 15 is 0 Å². The molecule has 3 heteroatoms. The molecular weight excluding hydrogens is 324 g/mol. The number of hydrogen-bond donors (Lipinski definition) is 3. The van der Waals surface area contributed by atoms with Crippen LogP contribution in [0.25, 0.3) is 12.2 Å². The molecule has 0 aliphatic rings. The highest BCUT2D eigenvalue weighted by atomic mass is 16.3. The molecule has 140 valence electrons. The Morgan fingerprint density at radius 3 is 2.35 bits per heavy atom. The fourth-order valence-electron chi connectivity index (χ4n) is 3.00. The molecule has 2 aromatic carbocycles. The van der Waals surface area contributed by atoms with E-state index < -0.39 is 5.60 Å². The number of unbranched alkanes of at least 4 members (excludes halogenated alkanes) is 2. The van der Waals surface area contributed by atoms with Gasteiger partial charge in [0, 0.05) is 0 Å². The third kappa shape index (κ3) is 7.42. The number of aryl methyl sites for hydroxylation is 1. The fraction of sp³-hybridized carbons (Fsp3) is 0.391. The maximum atomic E-state index is 9.74. The number of benzene rings is 2. The molecule has 0 unspecified atom stereocenters. The molecule has 0 heterocycles. The minimum absolute atomic E-state index is 0.0851. The summed E-state index contributed by atoms with van der Waals surface area (Å²) < 4.78 is 0. The smallest absolute Gasteiger partial charge is 0.116 e. The van der Waals surface area contributed by atoms with E-state index in [0.29, 0.717) is 5.56 Å². The van der Waals surface area contributed by atoms with Gasteiger partial charge < -0.3 is 15.3 Å². The fourth-order valence-corrected chi connectivity index (χ4v) is 3.00. The van der Waals surface area contributed by atoms with E-state index in [1.54, 1.807) is 12.1 Å². The summed E-state index contributed by atoms with van der Waals surface area (Å²) in [7, 11) is 0. The van der Waals surface area contributed by atoms with Crippen LogP contribution in [0.2, 0.25) is 0 Å². The van der Waals surface area contributed by atoms with Crippen LogP contribution < -0.4 is 0 Å². The molecule has 0 amide bonds. The Kier molecular flexibility index (Phi) is 7.43. The molecule has 0 bridgehead atoms. The van der Waals surface area contributed by atoms with E-state index in [2.05, 4.69) is 24.3 Å². The lowest BCUT2D eigenvalue weighted by atomic mass is 9.98. The van der Waals surface area contributed by atoms with Gasteiger partial charge in [0.25, 0.3) is 0 Å². The van der Waals surface area contributed by atoms with Crippen molar-refractivity contribution in [2.24, 2.45) is 0 Å². The van der Waals surface area contributed by atoms with Crippen LogP contribution in [0.3, 0.4) is 0 Å². The van der Waals surface area contributed by atoms with Crippen LogP contribution >= 0.6 is 0 Å². The largest absolute Gasteiger partial charge is 0.508 e. The van der Waals surface area contributed by atoms with Crippen LogP contribution in [0, 0.1) is 0 Å². The molecular formula is C23H30O3. The van der Waals surface area contributed by atoms with Crippen LogP contribution in [0.5, 0.6) is 5.75 Å². The summed E-state index contributed by atoms with van der Waals surface area (Å²) in [4.78, 5) is 0. The van der Waals surface area contributed by atoms with E-state index in [1.807, 2.05) is 32.1 Å². The second kappa shape index (κ2) is 9.56. The van der Waals surface area contributed by atoms with Gasteiger partial charge in [-0.1, -0.05) is 49.3 Å². The Labute approximate surface area is 156 Å². The van der Waals surface area contributed by atoms with Crippen LogP contribution in [0.4, 0.5) is 0 Å². The normalized spacial score (nSPS) is 12.0. The topological polar surface area (TPSA) is 60.7 Å². The predicted octanol–water partition coefficient (Wildman–Crippen LogP) is 4.93. The number of aromatic hydroxyl groups is 1. The lowest BCUT2D eigenvalue weighted by Gasteiger charge is -2.16. The lowest BCUT2D eigenvalue weighted by Crippen LogP contribution is -2.17. The highest BCUT2D eigenvalue weighted by Gasteiger charge is 2.10. The number of rotatable bonds is 9. The SMILES string of the molecule is CC(C)(O)CCCCCc1cccc(C=Cc2cc(O)cc(CO)c2)c1. The molecule has 2 aromatic rings. The molecule has 0 aromatic heterocycles. The van der Waals surface area contributed by atoms with Crippen LogP contribution in [-0.2, 0) is 13.0 Å². The summed E-state index contributed by atoms with van der Waals surface area (Å²) in [6.45, 7) is 3.63. The molecule has 3 N–H and O–H groups in total. The molecule has 0 aliphatic carbocycles. The van der Waals surface area contributed by atoms with Crippen molar-refractivity contribution >= 4 is 12.2 Å². The minimum atomic E-state index is -0.563. The van der Waals surface area contributed by atoms with Crippen LogP contribution in [0.15, 0.2) is 42.5 Å². The Hall–Kier alpha value is -2.10. The Morgan fingerprint density at radius 2 is 1.62 bits per heavy atom. The molecule has 0 spiro atoms. The summed E-state index contributed by atoms with van der Waals surface area (Å²) in [5.41, 5.74) is 3.43. The van der Waals surface area contributed by atoms with Crippen molar-refractivity contribution in [1.82, 2.24) is 0 Å². The first-order valence-electron chi connectivity index (χ1n) is 9.29. The molecule has 0 saturated carbocycles. The van der Waals surface area contributed by atoms with Crippen LogP contribution in [0.1, 0.15) is 61.8 Å². The zero-order chi connectivity index (χ0) is 19.0. The van der Waals surface area contributed by atoms with Crippen molar-refractivity contribution in [3.05, 3.63) is 64.7 Å². The predicted molar refractivity (Wildman–Crippen MR) is 108 cm³/mol. The second-order valence-electron chi connectivity index (χ2n) is 7.54. The first-order valence-corrected chi connectivity index (χ1v) is 9.29. The summed E-state index contributed by atoms with van der Waals surface area (Å²) in [5.74, 6) is 0.163. The van der Waals surface area contributed by atoms with Gasteiger partial charge >= 0.3 is 0 Å². The Balaban J connectivity index is 1.91. The van der Waals surface area contributed by atoms with E-state index in [4.69, 9.17) is 0 Å². The standard InChI is InChI=1S/C23H30O3/c1-23(2,26)12-5-3-4-7-18-8-6-9-19(13-18)10-11-20-14-21(17-24)16-22(25)15-20/h6,8-11,13-16,24-26H,3-5,7,12,17H2,1-2H3. The average molecular weight is 354 g/mol. The van der Waals surface area contributed by atoms with Crippen molar-refractivity contribution < 1.29 is 15.3 Å². The van der Waals surface area contributed by atoms with Gasteiger partial charge in [-0.3, -0.25) is 0 Å². The second-order valence-corrected chi connectivity index (χ2v) is 7.54. The number of aliphatic hydroxyl groups is 2. The lowest BCUT2D eigenvalue weighted by molar-refractivity contribution is 0.0681. The van der Waals surface area contributed by atoms with Gasteiger partial charge in [0.1, 0.15) is 5.75 Å². The van der Waals surface area contributed by atoms with Crippen molar-refractivity contribution in [2.45, 2.75) is 58.2 Å². The monoisotopic (exact) mass is 354 g/mol. The summed E-state index contributed by atoms with van der Waals surface area (Å²) in [6.07, 6.45) is 9.14. The molecule has 0 aliphatic heterocycles. The molecule has 2 rings (SSSR count). The molecule has 26 heavy (non-hydrogen) atoms. The van der Waals surface area contributed by atoms with Gasteiger partial charge in [0.05, 0.1) is 12.2 Å². The minimum Gasteiger partial charge on any atom is -0.508 e. The van der Waals surface area contributed by atoms with Crippen molar-refractivity contribution in [1.29, 1.82) is 0 Å². The van der Waals surface area contributed by atoms with Gasteiger partial charge in [-0.2, -0.15) is 0 Å². The molecule has 3 nitrogen and oxygen atoms in total. The number of hydrogen-bond acceptors (Lipinski definition) is 3. The van der Waals surface area contributed by atoms with Gasteiger partial charge in [0.2, 0.25) is 0 Å². The van der Waals surface area contributed by atoms with Crippen molar-refractivity contribution in [3.8, 4) is 5.75 Å². The summed E-state index contributed by atoms with van der Waals surface area (Å²) in [5, 5.41) is 28.7. The first-order chi connectivity index (χ1) is 12.4. The highest BCUT2D eigenvalue weighted by molar-refractivity contribution is 5.70. The zero-order valence-electron chi connectivity index (χ0n) is 15.8. The highest BCUT2D eigenvalue weighted by Crippen LogP contribution is 2.19. The van der Waals surface area contributed by atoms with E-state index in [-0.39, 0.29) is 12.4 Å². The Morgan fingerprint density at radius 1 is 0.885 bits per heavy atom.